The van der Waals surface area contributed by atoms with E-state index in [1.165, 1.54) is 11.1 Å². The van der Waals surface area contributed by atoms with Crippen molar-refractivity contribution in [2.75, 3.05) is 0 Å². The summed E-state index contributed by atoms with van der Waals surface area (Å²) < 4.78 is 0. The Hall–Kier alpha value is -4.66. The van der Waals surface area contributed by atoms with Crippen LogP contribution in [0.4, 0.5) is 0 Å². The van der Waals surface area contributed by atoms with Gasteiger partial charge >= 0.3 is 0 Å². The number of benzene rings is 1. The van der Waals surface area contributed by atoms with Crippen molar-refractivity contribution in [2.24, 2.45) is 0 Å². The van der Waals surface area contributed by atoms with Crippen LogP contribution in [0.2, 0.25) is 0 Å². The SMILES string of the molecule is c1ccc(CNCc2cncc(-c3cnc4n[nH]c(-c5cc6c(-c7ccsc7)cncc6[nH]5)c4c3)c2)cc1. The first-order chi connectivity index (χ1) is 18.8. The number of rotatable bonds is 7. The van der Waals surface area contributed by atoms with Crippen LogP contribution >= 0.6 is 11.3 Å². The fraction of sp³-hybridized carbons (Fsp3) is 0.0667. The van der Waals surface area contributed by atoms with Gasteiger partial charge in [0.25, 0.3) is 0 Å². The van der Waals surface area contributed by atoms with Crippen LogP contribution in [0, 0.1) is 0 Å². The summed E-state index contributed by atoms with van der Waals surface area (Å²) in [7, 11) is 0. The monoisotopic (exact) mass is 513 g/mol. The number of thiophene rings is 1. The highest BCUT2D eigenvalue weighted by atomic mass is 32.1. The number of aromatic amines is 2. The molecule has 0 aliphatic carbocycles. The first-order valence-corrected chi connectivity index (χ1v) is 13.3. The maximum atomic E-state index is 4.64. The molecule has 0 amide bonds. The van der Waals surface area contributed by atoms with Crippen molar-refractivity contribution in [2.45, 2.75) is 13.1 Å². The van der Waals surface area contributed by atoms with Gasteiger partial charge in [-0.05, 0) is 51.7 Å². The Morgan fingerprint density at radius 2 is 1.63 bits per heavy atom. The Kier molecular flexibility index (Phi) is 5.73. The van der Waals surface area contributed by atoms with Crippen LogP contribution in [0.15, 0.2) is 96.3 Å². The molecule has 38 heavy (non-hydrogen) atoms. The number of nitrogens with zero attached hydrogens (tertiary/aromatic N) is 4. The average molecular weight is 514 g/mol. The highest BCUT2D eigenvalue weighted by molar-refractivity contribution is 7.08. The molecule has 0 saturated carbocycles. The van der Waals surface area contributed by atoms with Gasteiger partial charge in [0.2, 0.25) is 0 Å². The number of aromatic nitrogens is 6. The Morgan fingerprint density at radius 1 is 0.763 bits per heavy atom. The lowest BCUT2D eigenvalue weighted by Crippen LogP contribution is -2.12. The molecule has 0 spiro atoms. The predicted octanol–water partition coefficient (Wildman–Crippen LogP) is 6.58. The van der Waals surface area contributed by atoms with E-state index in [2.05, 4.69) is 94.7 Å². The average Bonchev–Trinajstić information content (AvgIpc) is 3.73. The molecule has 0 saturated heterocycles. The molecule has 7 aromatic rings. The number of fused-ring (bicyclic) bond motifs is 2. The van der Waals surface area contributed by atoms with Crippen molar-refractivity contribution < 1.29 is 0 Å². The van der Waals surface area contributed by atoms with Gasteiger partial charge in [0.05, 0.1) is 23.1 Å². The van der Waals surface area contributed by atoms with Crippen LogP contribution in [0.5, 0.6) is 0 Å². The molecule has 8 heteroatoms. The summed E-state index contributed by atoms with van der Waals surface area (Å²) in [4.78, 5) is 17.1. The van der Waals surface area contributed by atoms with Gasteiger partial charge < -0.3 is 10.3 Å². The number of nitrogens with one attached hydrogen (secondary N) is 3. The zero-order valence-electron chi connectivity index (χ0n) is 20.3. The molecule has 0 fully saturated rings. The normalized spacial score (nSPS) is 11.5. The van der Waals surface area contributed by atoms with Gasteiger partial charge in [-0.3, -0.25) is 15.1 Å². The zero-order chi connectivity index (χ0) is 25.3. The van der Waals surface area contributed by atoms with Crippen molar-refractivity contribution in [3.8, 4) is 33.6 Å². The second kappa shape index (κ2) is 9.66. The largest absolute Gasteiger partial charge is 0.352 e. The first-order valence-electron chi connectivity index (χ1n) is 12.3. The van der Waals surface area contributed by atoms with Crippen LogP contribution in [0.1, 0.15) is 11.1 Å². The lowest BCUT2D eigenvalue weighted by Gasteiger charge is -2.07. The topological polar surface area (TPSA) is 95.2 Å². The summed E-state index contributed by atoms with van der Waals surface area (Å²) >= 11 is 1.68. The van der Waals surface area contributed by atoms with Crippen LogP contribution in [-0.4, -0.2) is 30.1 Å². The molecule has 0 aliphatic rings. The molecule has 7 nitrogen and oxygen atoms in total. The van der Waals surface area contributed by atoms with Gasteiger partial charge in [-0.2, -0.15) is 16.4 Å². The van der Waals surface area contributed by atoms with E-state index in [4.69, 9.17) is 0 Å². The highest BCUT2D eigenvalue weighted by Gasteiger charge is 2.15. The molecule has 0 bridgehead atoms. The van der Waals surface area contributed by atoms with E-state index in [1.54, 1.807) is 11.3 Å². The number of pyridine rings is 3. The van der Waals surface area contributed by atoms with Gasteiger partial charge in [0.15, 0.2) is 5.65 Å². The standard InChI is InChI=1S/C30H23N7S/c1-2-4-19(5-3-1)11-31-12-20-8-22(14-32-13-20)23-9-25-29(36-37-30(25)34-15-23)27-10-24-26(21-6-7-38-18-21)16-33-17-28(24)35-27/h1-10,13-18,31,35H,11-12H2,(H,34,36,37). The molecule has 6 heterocycles. The lowest BCUT2D eigenvalue weighted by atomic mass is 10.1. The second-order valence-electron chi connectivity index (χ2n) is 9.21. The Bertz CT molecular complexity index is 1850. The van der Waals surface area contributed by atoms with Crippen LogP contribution in [0.25, 0.3) is 55.6 Å². The number of hydrogen-bond acceptors (Lipinski definition) is 6. The summed E-state index contributed by atoms with van der Waals surface area (Å²) in [6, 6.07) is 19.0. The molecule has 0 atom stereocenters. The Morgan fingerprint density at radius 3 is 2.53 bits per heavy atom. The van der Waals surface area contributed by atoms with Gasteiger partial charge in [-0.25, -0.2) is 4.98 Å². The fourth-order valence-corrected chi connectivity index (χ4v) is 5.44. The van der Waals surface area contributed by atoms with E-state index < -0.39 is 0 Å². The molecule has 184 valence electrons. The maximum Gasteiger partial charge on any atom is 0.181 e. The van der Waals surface area contributed by atoms with E-state index >= 15 is 0 Å². The fourth-order valence-electron chi connectivity index (χ4n) is 4.79. The Labute approximate surface area is 222 Å². The molecule has 0 radical (unpaired) electrons. The summed E-state index contributed by atoms with van der Waals surface area (Å²) in [5.41, 5.74) is 10.2. The minimum atomic E-state index is 0.673. The third-order valence-corrected chi connectivity index (χ3v) is 7.37. The Balaban J connectivity index is 1.20. The zero-order valence-corrected chi connectivity index (χ0v) is 21.2. The minimum absolute atomic E-state index is 0.673. The summed E-state index contributed by atoms with van der Waals surface area (Å²) in [5, 5.41) is 17.5. The first kappa shape index (κ1) is 22.5. The molecule has 0 unspecified atom stereocenters. The van der Waals surface area contributed by atoms with Gasteiger partial charge in [0.1, 0.15) is 0 Å². The molecule has 6 aromatic heterocycles. The van der Waals surface area contributed by atoms with Crippen molar-refractivity contribution in [3.63, 3.8) is 0 Å². The maximum absolute atomic E-state index is 4.64. The van der Waals surface area contributed by atoms with E-state index in [-0.39, 0.29) is 0 Å². The van der Waals surface area contributed by atoms with Crippen molar-refractivity contribution in [1.82, 2.24) is 35.5 Å². The highest BCUT2D eigenvalue weighted by Crippen LogP contribution is 2.34. The van der Waals surface area contributed by atoms with E-state index in [9.17, 15) is 0 Å². The summed E-state index contributed by atoms with van der Waals surface area (Å²) in [5.74, 6) is 0. The van der Waals surface area contributed by atoms with Crippen molar-refractivity contribution >= 4 is 33.3 Å². The van der Waals surface area contributed by atoms with Gasteiger partial charge in [-0.15, -0.1) is 0 Å². The number of H-pyrrole nitrogens is 2. The molecule has 1 aromatic carbocycles. The smallest absolute Gasteiger partial charge is 0.181 e. The molecule has 3 N–H and O–H groups in total. The number of hydrogen-bond donors (Lipinski definition) is 3. The van der Waals surface area contributed by atoms with Crippen LogP contribution in [0.3, 0.4) is 0 Å². The van der Waals surface area contributed by atoms with Crippen LogP contribution < -0.4 is 5.32 Å². The molecule has 0 aliphatic heterocycles. The van der Waals surface area contributed by atoms with Gasteiger partial charge in [-0.1, -0.05) is 30.3 Å². The third kappa shape index (κ3) is 4.26. The van der Waals surface area contributed by atoms with Gasteiger partial charge in [0, 0.05) is 65.3 Å². The summed E-state index contributed by atoms with van der Waals surface area (Å²) in [6.45, 7) is 1.54. The van der Waals surface area contributed by atoms with Crippen molar-refractivity contribution in [3.05, 3.63) is 107 Å². The second-order valence-corrected chi connectivity index (χ2v) is 9.99. The predicted molar refractivity (Wildman–Crippen MR) is 153 cm³/mol. The summed E-state index contributed by atoms with van der Waals surface area (Å²) in [6.07, 6.45) is 9.42. The minimum Gasteiger partial charge on any atom is -0.352 e. The molecular formula is C30H23N7S. The van der Waals surface area contributed by atoms with E-state index in [0.29, 0.717) is 5.65 Å². The quantitative estimate of drug-likeness (QED) is 0.224. The third-order valence-electron chi connectivity index (χ3n) is 6.69. The van der Waals surface area contributed by atoms with Crippen molar-refractivity contribution in [1.29, 1.82) is 0 Å². The van der Waals surface area contributed by atoms with Crippen LogP contribution in [-0.2, 0) is 13.1 Å². The lowest BCUT2D eigenvalue weighted by molar-refractivity contribution is 0.691. The van der Waals surface area contributed by atoms with E-state index in [0.717, 1.165) is 63.0 Å². The van der Waals surface area contributed by atoms with E-state index in [1.807, 2.05) is 37.1 Å². The molecular weight excluding hydrogens is 490 g/mol. The molecule has 7 rings (SSSR count).